The van der Waals surface area contributed by atoms with E-state index in [1.807, 2.05) is 6.92 Å². The molecule has 3 rings (SSSR count). The fourth-order valence-corrected chi connectivity index (χ4v) is 4.22. The van der Waals surface area contributed by atoms with E-state index in [2.05, 4.69) is 9.88 Å². The first-order chi connectivity index (χ1) is 12.5. The number of likely N-dealkylation sites (tertiary alicyclic amines) is 2. The fraction of sp³-hybridized carbons (Fsp3) is 0.632. The first-order valence-corrected chi connectivity index (χ1v) is 9.54. The highest BCUT2D eigenvalue weighted by Crippen LogP contribution is 2.32. The van der Waals surface area contributed by atoms with Crippen LogP contribution in [0.25, 0.3) is 0 Å². The van der Waals surface area contributed by atoms with E-state index in [-0.39, 0.29) is 17.4 Å². The number of aromatic nitrogens is 1. The number of pyridine rings is 1. The van der Waals surface area contributed by atoms with Crippen LogP contribution in [0.15, 0.2) is 16.9 Å². The zero-order chi connectivity index (χ0) is 18.7. The first-order valence-electron chi connectivity index (χ1n) is 9.54. The molecular weight excluding hydrogens is 332 g/mol. The van der Waals surface area contributed by atoms with Gasteiger partial charge in [-0.1, -0.05) is 13.3 Å². The van der Waals surface area contributed by atoms with Crippen LogP contribution in [0, 0.1) is 0 Å². The van der Waals surface area contributed by atoms with Gasteiger partial charge >= 0.3 is 0 Å². The lowest BCUT2D eigenvalue weighted by molar-refractivity contribution is -0.134. The van der Waals surface area contributed by atoms with Gasteiger partial charge in [0.1, 0.15) is 5.54 Å². The molecule has 1 aromatic rings. The lowest BCUT2D eigenvalue weighted by atomic mass is 9.83. The van der Waals surface area contributed by atoms with Gasteiger partial charge in [-0.05, 0) is 51.3 Å². The summed E-state index contributed by atoms with van der Waals surface area (Å²) in [7, 11) is 0. The Morgan fingerprint density at radius 2 is 1.77 bits per heavy atom. The van der Waals surface area contributed by atoms with Crippen molar-refractivity contribution in [3.8, 4) is 0 Å². The molecule has 2 amide bonds. The number of carbonyl (C=O) groups excluding carboxylic acids is 2. The summed E-state index contributed by atoms with van der Waals surface area (Å²) in [4.78, 5) is 43.6. The molecule has 7 heteroatoms. The molecule has 0 bridgehead atoms. The maximum absolute atomic E-state index is 12.8. The van der Waals surface area contributed by atoms with Crippen LogP contribution in [0.1, 0.15) is 55.1 Å². The van der Waals surface area contributed by atoms with Gasteiger partial charge in [0, 0.05) is 30.4 Å². The molecular formula is C19H28N4O3. The molecule has 0 spiro atoms. The maximum Gasteiger partial charge on any atom is 0.254 e. The maximum atomic E-state index is 12.8. The van der Waals surface area contributed by atoms with Gasteiger partial charge in [-0.3, -0.25) is 19.3 Å². The van der Waals surface area contributed by atoms with Gasteiger partial charge in [-0.2, -0.15) is 0 Å². The summed E-state index contributed by atoms with van der Waals surface area (Å²) in [6.07, 6.45) is 5.14. The molecule has 3 N–H and O–H groups in total. The minimum atomic E-state index is -0.639. The number of hydrogen-bond acceptors (Lipinski definition) is 4. The number of primary amides is 1. The molecule has 0 radical (unpaired) electrons. The van der Waals surface area contributed by atoms with Crippen LogP contribution in [0.4, 0.5) is 0 Å². The molecule has 2 aliphatic rings. The summed E-state index contributed by atoms with van der Waals surface area (Å²) >= 11 is 0. The number of piperidine rings is 2. The molecule has 3 heterocycles. The number of nitrogens with zero attached hydrogens (tertiary/aromatic N) is 2. The number of aromatic amines is 1. The predicted octanol–water partition coefficient (Wildman–Crippen LogP) is 0.883. The second-order valence-electron chi connectivity index (χ2n) is 7.35. The average molecular weight is 360 g/mol. The van der Waals surface area contributed by atoms with Crippen LogP contribution in [0.5, 0.6) is 0 Å². The minimum Gasteiger partial charge on any atom is -0.368 e. The minimum absolute atomic E-state index is 0.150. The van der Waals surface area contributed by atoms with Crippen LogP contribution in [0.2, 0.25) is 0 Å². The molecule has 0 saturated carbocycles. The molecule has 1 aromatic heterocycles. The van der Waals surface area contributed by atoms with Gasteiger partial charge in [0.15, 0.2) is 0 Å². The van der Waals surface area contributed by atoms with Crippen LogP contribution in [-0.4, -0.2) is 58.3 Å². The number of amides is 2. The van der Waals surface area contributed by atoms with Crippen LogP contribution in [-0.2, 0) is 11.2 Å². The largest absolute Gasteiger partial charge is 0.368 e. The Hall–Kier alpha value is -2.15. The number of nitrogens with one attached hydrogen (secondary N) is 1. The molecule has 0 aliphatic carbocycles. The second-order valence-corrected chi connectivity index (χ2v) is 7.35. The topological polar surface area (TPSA) is 99.5 Å². The molecule has 7 nitrogen and oxygen atoms in total. The molecule has 26 heavy (non-hydrogen) atoms. The van der Waals surface area contributed by atoms with Crippen LogP contribution >= 0.6 is 0 Å². The van der Waals surface area contributed by atoms with Gasteiger partial charge in [0.05, 0.1) is 0 Å². The zero-order valence-corrected chi connectivity index (χ0v) is 15.4. The van der Waals surface area contributed by atoms with Crippen molar-refractivity contribution >= 4 is 11.8 Å². The standard InChI is InChI=1S/C19H28N4O3/c1-2-15-12-14(13-16(24)21-15)17(25)22-10-6-19(7-11-22,18(20)26)23-8-4-3-5-9-23/h12-13H,2-11H2,1H3,(H2,20,26)(H,21,24). The molecule has 2 fully saturated rings. The van der Waals surface area contributed by atoms with E-state index >= 15 is 0 Å². The van der Waals surface area contributed by atoms with E-state index < -0.39 is 5.54 Å². The fourth-order valence-electron chi connectivity index (χ4n) is 4.22. The van der Waals surface area contributed by atoms with Crippen molar-refractivity contribution in [2.24, 2.45) is 5.73 Å². The Labute approximate surface area is 153 Å². The third kappa shape index (κ3) is 3.53. The monoisotopic (exact) mass is 360 g/mol. The smallest absolute Gasteiger partial charge is 0.254 e. The highest BCUT2D eigenvalue weighted by molar-refractivity contribution is 5.94. The Bertz CT molecular complexity index is 729. The highest BCUT2D eigenvalue weighted by Gasteiger charge is 2.45. The summed E-state index contributed by atoms with van der Waals surface area (Å²) in [5.41, 5.74) is 6.06. The number of aryl methyl sites for hydroxylation is 1. The number of rotatable bonds is 4. The lowest BCUT2D eigenvalue weighted by Crippen LogP contribution is -2.63. The summed E-state index contributed by atoms with van der Waals surface area (Å²) in [6, 6.07) is 3.09. The number of nitrogens with two attached hydrogens (primary N) is 1. The third-order valence-corrected chi connectivity index (χ3v) is 5.83. The summed E-state index contributed by atoms with van der Waals surface area (Å²) < 4.78 is 0. The van der Waals surface area contributed by atoms with Gasteiger partial charge < -0.3 is 15.6 Å². The second kappa shape index (κ2) is 7.61. The Morgan fingerprint density at radius 1 is 1.12 bits per heavy atom. The van der Waals surface area contributed by atoms with E-state index in [1.54, 1.807) is 11.0 Å². The summed E-state index contributed by atoms with van der Waals surface area (Å²) in [5, 5.41) is 0. The van der Waals surface area contributed by atoms with Crippen molar-refractivity contribution in [3.05, 3.63) is 33.7 Å². The molecule has 142 valence electrons. The van der Waals surface area contributed by atoms with Gasteiger partial charge in [0.2, 0.25) is 11.5 Å². The van der Waals surface area contributed by atoms with Crippen molar-refractivity contribution in [3.63, 3.8) is 0 Å². The number of carbonyl (C=O) groups is 2. The van der Waals surface area contributed by atoms with Crippen molar-refractivity contribution in [1.82, 2.24) is 14.8 Å². The van der Waals surface area contributed by atoms with Crippen molar-refractivity contribution in [2.75, 3.05) is 26.2 Å². The summed E-state index contributed by atoms with van der Waals surface area (Å²) in [6.45, 7) is 4.68. The predicted molar refractivity (Wildman–Crippen MR) is 98.9 cm³/mol. The van der Waals surface area contributed by atoms with Crippen molar-refractivity contribution < 1.29 is 9.59 Å². The average Bonchev–Trinajstić information content (AvgIpc) is 2.67. The Morgan fingerprint density at radius 3 is 2.35 bits per heavy atom. The van der Waals surface area contributed by atoms with E-state index in [1.165, 1.54) is 12.5 Å². The van der Waals surface area contributed by atoms with Gasteiger partial charge in [-0.25, -0.2) is 0 Å². The Kier molecular flexibility index (Phi) is 5.46. The lowest BCUT2D eigenvalue weighted by Gasteiger charge is -2.48. The normalized spacial score (nSPS) is 20.7. The van der Waals surface area contributed by atoms with E-state index in [9.17, 15) is 14.4 Å². The SMILES string of the molecule is CCc1cc(C(=O)N2CCC(C(N)=O)(N3CCCCC3)CC2)cc(=O)[nH]1. The highest BCUT2D eigenvalue weighted by atomic mass is 16.2. The Balaban J connectivity index is 1.74. The van der Waals surface area contributed by atoms with Gasteiger partial charge in [0.25, 0.3) is 5.91 Å². The zero-order valence-electron chi connectivity index (χ0n) is 15.4. The quantitative estimate of drug-likeness (QED) is 0.833. The molecule has 2 saturated heterocycles. The number of hydrogen-bond donors (Lipinski definition) is 2. The van der Waals surface area contributed by atoms with Crippen molar-refractivity contribution in [2.45, 2.75) is 51.0 Å². The van der Waals surface area contributed by atoms with E-state index in [0.29, 0.717) is 37.9 Å². The van der Waals surface area contributed by atoms with Gasteiger partial charge in [-0.15, -0.1) is 0 Å². The number of H-pyrrole nitrogens is 1. The van der Waals surface area contributed by atoms with E-state index in [0.717, 1.165) is 31.6 Å². The summed E-state index contributed by atoms with van der Waals surface area (Å²) in [5.74, 6) is -0.432. The molecule has 0 atom stereocenters. The van der Waals surface area contributed by atoms with Crippen LogP contribution < -0.4 is 11.3 Å². The third-order valence-electron chi connectivity index (χ3n) is 5.83. The van der Waals surface area contributed by atoms with Crippen molar-refractivity contribution in [1.29, 1.82) is 0 Å². The molecule has 0 aromatic carbocycles. The molecule has 2 aliphatic heterocycles. The van der Waals surface area contributed by atoms with Crippen LogP contribution in [0.3, 0.4) is 0 Å². The molecule has 0 unspecified atom stereocenters. The van der Waals surface area contributed by atoms with E-state index in [4.69, 9.17) is 5.73 Å². The first kappa shape index (κ1) is 18.6.